The van der Waals surface area contributed by atoms with Gasteiger partial charge in [0, 0.05) is 12.5 Å². The van der Waals surface area contributed by atoms with Crippen molar-refractivity contribution in [1.29, 1.82) is 0 Å². The molecule has 0 saturated heterocycles. The lowest BCUT2D eigenvalue weighted by atomic mass is 10.2. The second-order valence-electron chi connectivity index (χ2n) is 4.79. The molecule has 0 fully saturated rings. The smallest absolute Gasteiger partial charge is 0.438 e. The van der Waals surface area contributed by atoms with Crippen LogP contribution in [-0.2, 0) is 11.2 Å². The highest BCUT2D eigenvalue weighted by Gasteiger charge is 2.18. The van der Waals surface area contributed by atoms with Gasteiger partial charge in [0.2, 0.25) is 0 Å². The zero-order valence-corrected chi connectivity index (χ0v) is 10.4. The van der Waals surface area contributed by atoms with Gasteiger partial charge in [0.05, 0.1) is 0 Å². The van der Waals surface area contributed by atoms with Crippen LogP contribution in [0.25, 0.3) is 0 Å². The summed E-state index contributed by atoms with van der Waals surface area (Å²) in [6.45, 7) is 7.13. The predicted molar refractivity (Wildman–Crippen MR) is 59.7 cm³/mol. The molecule has 1 aromatic rings. The molecular formula is C10H17N3O4. The first-order valence-corrected chi connectivity index (χ1v) is 5.30. The quantitative estimate of drug-likeness (QED) is 0.819. The molecule has 0 aliphatic carbocycles. The molecule has 7 heteroatoms. The molecule has 1 rings (SSSR count). The zero-order valence-electron chi connectivity index (χ0n) is 10.4. The molecule has 17 heavy (non-hydrogen) atoms. The Kier molecular flexibility index (Phi) is 3.93. The summed E-state index contributed by atoms with van der Waals surface area (Å²) in [7, 11) is 0. The topological polar surface area (TPSA) is 97.2 Å². The number of ether oxygens (including phenoxy) is 1. The fourth-order valence-electron chi connectivity index (χ4n) is 1.20. The molecule has 2 N–H and O–H groups in total. The van der Waals surface area contributed by atoms with E-state index in [1.165, 1.54) is 0 Å². The fourth-order valence-corrected chi connectivity index (χ4v) is 1.20. The van der Waals surface area contributed by atoms with Crippen molar-refractivity contribution in [2.24, 2.45) is 0 Å². The molecule has 7 nitrogen and oxygen atoms in total. The molecule has 1 unspecified atom stereocenters. The van der Waals surface area contributed by atoms with E-state index in [4.69, 9.17) is 4.74 Å². The number of rotatable bonds is 3. The molecule has 0 bridgehead atoms. The van der Waals surface area contributed by atoms with Crippen molar-refractivity contribution in [3.05, 3.63) is 16.4 Å². The maximum atomic E-state index is 11.4. The largest absolute Gasteiger partial charge is 0.444 e. The van der Waals surface area contributed by atoms with E-state index >= 15 is 0 Å². The highest BCUT2D eigenvalue weighted by molar-refractivity contribution is 5.68. The molecule has 0 aromatic carbocycles. The van der Waals surface area contributed by atoms with Crippen LogP contribution in [0.3, 0.4) is 0 Å². The standard InChI is InChI=1S/C10H17N3O4/c1-6(5-7-12-9(15)17-13-7)11-8(14)16-10(2,3)4/h6H,5H2,1-4H3,(H,11,14)(H,12,13,15). The Balaban J connectivity index is 2.42. The second-order valence-corrected chi connectivity index (χ2v) is 4.79. The van der Waals surface area contributed by atoms with Gasteiger partial charge in [0.1, 0.15) is 5.60 Å². The normalized spacial score (nSPS) is 13.2. The molecule has 0 saturated carbocycles. The molecular weight excluding hydrogens is 226 g/mol. The molecule has 1 amide bonds. The first kappa shape index (κ1) is 13.3. The number of alkyl carbamates (subject to hydrolysis) is 1. The Bertz CT molecular complexity index is 429. The monoisotopic (exact) mass is 243 g/mol. The van der Waals surface area contributed by atoms with Crippen LogP contribution in [0.4, 0.5) is 4.79 Å². The van der Waals surface area contributed by atoms with Gasteiger partial charge >= 0.3 is 11.8 Å². The fraction of sp³-hybridized carbons (Fsp3) is 0.700. The lowest BCUT2D eigenvalue weighted by Gasteiger charge is -2.21. The number of aromatic amines is 1. The Labute approximate surface area is 98.5 Å². The molecule has 0 aliphatic heterocycles. The van der Waals surface area contributed by atoms with E-state index in [1.807, 2.05) is 0 Å². The van der Waals surface area contributed by atoms with Crippen molar-refractivity contribution in [2.45, 2.75) is 45.8 Å². The molecule has 0 radical (unpaired) electrons. The van der Waals surface area contributed by atoms with Crippen molar-refractivity contribution in [2.75, 3.05) is 0 Å². The molecule has 0 aliphatic rings. The average molecular weight is 243 g/mol. The van der Waals surface area contributed by atoms with E-state index in [0.717, 1.165) is 0 Å². The first-order chi connectivity index (χ1) is 7.76. The van der Waals surface area contributed by atoms with Gasteiger partial charge in [0.15, 0.2) is 5.82 Å². The number of nitrogens with one attached hydrogen (secondary N) is 2. The van der Waals surface area contributed by atoms with Crippen LogP contribution in [-0.4, -0.2) is 27.9 Å². The van der Waals surface area contributed by atoms with E-state index < -0.39 is 17.5 Å². The van der Waals surface area contributed by atoms with Gasteiger partial charge in [0.25, 0.3) is 0 Å². The van der Waals surface area contributed by atoms with Gasteiger partial charge in [-0.2, -0.15) is 0 Å². The number of nitrogens with zero attached hydrogens (tertiary/aromatic N) is 1. The number of amides is 1. The summed E-state index contributed by atoms with van der Waals surface area (Å²) in [6, 6.07) is -0.217. The van der Waals surface area contributed by atoms with Crippen molar-refractivity contribution in [3.63, 3.8) is 0 Å². The summed E-state index contributed by atoms with van der Waals surface area (Å²) in [5, 5.41) is 6.13. The third-order valence-corrected chi connectivity index (χ3v) is 1.75. The average Bonchev–Trinajstić information content (AvgIpc) is 2.46. The minimum atomic E-state index is -0.607. The van der Waals surface area contributed by atoms with E-state index in [9.17, 15) is 9.59 Å². The number of carbonyl (C=O) groups excluding carboxylic acids is 1. The minimum Gasteiger partial charge on any atom is -0.444 e. The van der Waals surface area contributed by atoms with Gasteiger partial charge in [-0.15, -0.1) is 0 Å². The molecule has 1 heterocycles. The second kappa shape index (κ2) is 5.03. The SMILES string of the molecule is CC(Cc1noc(=O)[nH]1)NC(=O)OC(C)(C)C. The maximum absolute atomic E-state index is 11.4. The highest BCUT2D eigenvalue weighted by atomic mass is 16.6. The number of carbonyl (C=O) groups is 1. The van der Waals surface area contributed by atoms with Gasteiger partial charge in [-0.1, -0.05) is 5.16 Å². The lowest BCUT2D eigenvalue weighted by Crippen LogP contribution is -2.38. The Morgan fingerprint density at radius 1 is 1.59 bits per heavy atom. The number of H-pyrrole nitrogens is 1. The third-order valence-electron chi connectivity index (χ3n) is 1.75. The predicted octanol–water partition coefficient (Wildman–Crippen LogP) is 0.819. The van der Waals surface area contributed by atoms with Crippen LogP contribution in [0.2, 0.25) is 0 Å². The molecule has 0 spiro atoms. The molecule has 96 valence electrons. The summed E-state index contributed by atoms with van der Waals surface area (Å²) in [6.07, 6.45) is -0.138. The lowest BCUT2D eigenvalue weighted by molar-refractivity contribution is 0.0508. The van der Waals surface area contributed by atoms with Crippen LogP contribution < -0.4 is 11.1 Å². The summed E-state index contributed by atoms with van der Waals surface area (Å²) in [4.78, 5) is 24.5. The van der Waals surface area contributed by atoms with E-state index in [-0.39, 0.29) is 6.04 Å². The van der Waals surface area contributed by atoms with Crippen LogP contribution >= 0.6 is 0 Å². The third kappa shape index (κ3) is 5.19. The molecule has 1 atom stereocenters. The Morgan fingerprint density at radius 3 is 2.71 bits per heavy atom. The Hall–Kier alpha value is -1.79. The van der Waals surface area contributed by atoms with E-state index in [2.05, 4.69) is 20.0 Å². The van der Waals surface area contributed by atoms with E-state index in [1.54, 1.807) is 27.7 Å². The number of hydrogen-bond donors (Lipinski definition) is 2. The van der Waals surface area contributed by atoms with Crippen molar-refractivity contribution in [3.8, 4) is 0 Å². The van der Waals surface area contributed by atoms with Gasteiger partial charge in [-0.05, 0) is 27.7 Å². The summed E-state index contributed by atoms with van der Waals surface area (Å²) < 4.78 is 9.43. The Morgan fingerprint density at radius 2 is 2.24 bits per heavy atom. The summed E-state index contributed by atoms with van der Waals surface area (Å²) >= 11 is 0. The van der Waals surface area contributed by atoms with Gasteiger partial charge in [-0.3, -0.25) is 9.51 Å². The number of hydrogen-bond acceptors (Lipinski definition) is 5. The van der Waals surface area contributed by atoms with Crippen LogP contribution in [0.15, 0.2) is 9.32 Å². The molecule has 1 aromatic heterocycles. The van der Waals surface area contributed by atoms with Crippen molar-refractivity contribution in [1.82, 2.24) is 15.5 Å². The van der Waals surface area contributed by atoms with Crippen LogP contribution in [0, 0.1) is 0 Å². The highest BCUT2D eigenvalue weighted by Crippen LogP contribution is 2.07. The minimum absolute atomic E-state index is 0.217. The van der Waals surface area contributed by atoms with Crippen LogP contribution in [0.5, 0.6) is 0 Å². The summed E-state index contributed by atoms with van der Waals surface area (Å²) in [5.74, 6) is -0.219. The van der Waals surface area contributed by atoms with Crippen molar-refractivity contribution < 1.29 is 14.1 Å². The van der Waals surface area contributed by atoms with Gasteiger partial charge in [-0.25, -0.2) is 9.59 Å². The van der Waals surface area contributed by atoms with Crippen LogP contribution in [0.1, 0.15) is 33.5 Å². The zero-order chi connectivity index (χ0) is 13.1. The number of aromatic nitrogens is 2. The first-order valence-electron chi connectivity index (χ1n) is 5.30. The summed E-state index contributed by atoms with van der Waals surface area (Å²) in [5.41, 5.74) is -0.536. The van der Waals surface area contributed by atoms with E-state index in [0.29, 0.717) is 12.2 Å². The maximum Gasteiger partial charge on any atom is 0.438 e. The van der Waals surface area contributed by atoms with Gasteiger partial charge < -0.3 is 10.1 Å². The van der Waals surface area contributed by atoms with Crippen molar-refractivity contribution >= 4 is 6.09 Å².